The van der Waals surface area contributed by atoms with Crippen LogP contribution in [0.1, 0.15) is 34.6 Å². The minimum atomic E-state index is -3.68. The minimum Gasteiger partial charge on any atom is -0.778 e. The third kappa shape index (κ3) is 3.37. The molecule has 0 bridgehead atoms. The van der Waals surface area contributed by atoms with Gasteiger partial charge in [0.1, 0.15) is 7.60 Å². The Morgan fingerprint density at radius 3 is 1.82 bits per heavy atom. The van der Waals surface area contributed by atoms with Crippen molar-refractivity contribution in [2.24, 2.45) is 0 Å². The molecule has 0 aliphatic heterocycles. The van der Waals surface area contributed by atoms with Crippen LogP contribution in [0.3, 0.4) is 0 Å². The lowest BCUT2D eigenvalue weighted by atomic mass is 10.3. The molecule has 0 aliphatic rings. The van der Waals surface area contributed by atoms with Crippen molar-refractivity contribution in [1.29, 1.82) is 0 Å². The molecule has 0 N–H and O–H groups in total. The smallest absolute Gasteiger partial charge is 0.140 e. The van der Waals surface area contributed by atoms with Gasteiger partial charge >= 0.3 is 0 Å². The first-order valence-corrected chi connectivity index (χ1v) is 5.20. The summed E-state index contributed by atoms with van der Waals surface area (Å²) in [5.41, 5.74) is 0. The quantitative estimate of drug-likeness (QED) is 0.607. The Morgan fingerprint density at radius 2 is 1.73 bits per heavy atom. The minimum absolute atomic E-state index is 0.266. The van der Waals surface area contributed by atoms with Crippen molar-refractivity contribution in [3.63, 3.8) is 0 Å². The Bertz CT molecular complexity index is 169. The maximum atomic E-state index is 11.3. The van der Waals surface area contributed by atoms with Crippen LogP contribution < -0.4 is 4.89 Å². The lowest BCUT2D eigenvalue weighted by Crippen LogP contribution is -2.26. The first-order chi connectivity index (χ1) is 4.67. The molecule has 0 aliphatic carbocycles. The third-order valence-corrected chi connectivity index (χ3v) is 3.51. The average Bonchev–Trinajstić information content (AvgIpc) is 1.56. The fourth-order valence-corrected chi connectivity index (χ4v) is 1.31. The van der Waals surface area contributed by atoms with Gasteiger partial charge in [0.05, 0.1) is 6.10 Å². The van der Waals surface area contributed by atoms with Gasteiger partial charge in [-0.1, -0.05) is 20.8 Å². The number of rotatable bonds is 2. The second kappa shape index (κ2) is 3.26. The van der Waals surface area contributed by atoms with Crippen LogP contribution in [0.4, 0.5) is 0 Å². The Balaban J connectivity index is 4.36. The molecule has 0 radical (unpaired) electrons. The topological polar surface area (TPSA) is 49.4 Å². The van der Waals surface area contributed by atoms with Gasteiger partial charge in [-0.3, -0.25) is 0 Å². The first-order valence-electron chi connectivity index (χ1n) is 3.66. The summed E-state index contributed by atoms with van der Waals surface area (Å²) in [7, 11) is -3.68. The predicted molar refractivity (Wildman–Crippen MR) is 43.6 cm³/mol. The zero-order chi connectivity index (χ0) is 9.28. The predicted octanol–water partition coefficient (Wildman–Crippen LogP) is 1.76. The van der Waals surface area contributed by atoms with Gasteiger partial charge < -0.3 is 14.0 Å². The largest absolute Gasteiger partial charge is 0.778 e. The second-order valence-corrected chi connectivity index (χ2v) is 6.37. The molecule has 3 nitrogen and oxygen atoms in total. The molecule has 0 aromatic carbocycles. The maximum Gasteiger partial charge on any atom is 0.140 e. The van der Waals surface area contributed by atoms with Gasteiger partial charge in [-0.25, -0.2) is 0 Å². The fraction of sp³-hybridized carbons (Fsp3) is 1.00. The number of hydrogen-bond acceptors (Lipinski definition) is 3. The van der Waals surface area contributed by atoms with Crippen molar-refractivity contribution >= 4 is 7.60 Å². The Kier molecular flexibility index (Phi) is 3.30. The standard InChI is InChI=1S/C7H17O3P/c1-6(2)10-11(8,9)7(3,4)5/h6H,1-5H3,(H,8,9)/p-1. The van der Waals surface area contributed by atoms with Crippen molar-refractivity contribution < 1.29 is 14.0 Å². The van der Waals surface area contributed by atoms with E-state index in [4.69, 9.17) is 4.52 Å². The highest BCUT2D eigenvalue weighted by molar-refractivity contribution is 7.53. The van der Waals surface area contributed by atoms with Crippen molar-refractivity contribution in [2.75, 3.05) is 0 Å². The van der Waals surface area contributed by atoms with E-state index in [9.17, 15) is 9.46 Å². The number of hydrogen-bond donors (Lipinski definition) is 0. The fourth-order valence-electron chi connectivity index (χ4n) is 0.436. The monoisotopic (exact) mass is 179 g/mol. The molecular formula is C7H16O3P-. The zero-order valence-electron chi connectivity index (χ0n) is 7.75. The second-order valence-electron chi connectivity index (χ2n) is 3.82. The molecule has 1 atom stereocenters. The normalized spacial score (nSPS) is 18.5. The molecule has 11 heavy (non-hydrogen) atoms. The van der Waals surface area contributed by atoms with Crippen LogP contribution in [0.2, 0.25) is 0 Å². The molecule has 4 heteroatoms. The van der Waals surface area contributed by atoms with E-state index in [0.717, 1.165) is 0 Å². The van der Waals surface area contributed by atoms with E-state index in [2.05, 4.69) is 0 Å². The van der Waals surface area contributed by atoms with Crippen LogP contribution in [-0.2, 0) is 9.09 Å². The highest BCUT2D eigenvalue weighted by Crippen LogP contribution is 2.51. The van der Waals surface area contributed by atoms with Crippen molar-refractivity contribution in [3.8, 4) is 0 Å². The van der Waals surface area contributed by atoms with E-state index >= 15 is 0 Å². The van der Waals surface area contributed by atoms with Gasteiger partial charge in [-0.05, 0) is 13.8 Å². The summed E-state index contributed by atoms with van der Waals surface area (Å²) in [5, 5.41) is -0.794. The zero-order valence-corrected chi connectivity index (χ0v) is 8.64. The summed E-state index contributed by atoms with van der Waals surface area (Å²) >= 11 is 0. The van der Waals surface area contributed by atoms with E-state index in [0.29, 0.717) is 0 Å². The molecule has 0 saturated heterocycles. The van der Waals surface area contributed by atoms with Crippen molar-refractivity contribution in [3.05, 3.63) is 0 Å². The lowest BCUT2D eigenvalue weighted by molar-refractivity contribution is -0.206. The summed E-state index contributed by atoms with van der Waals surface area (Å²) < 4.78 is 16.1. The average molecular weight is 179 g/mol. The van der Waals surface area contributed by atoms with E-state index in [1.807, 2.05) is 0 Å². The van der Waals surface area contributed by atoms with Gasteiger partial charge in [0.2, 0.25) is 0 Å². The molecule has 0 saturated carbocycles. The van der Waals surface area contributed by atoms with Crippen LogP contribution >= 0.6 is 7.60 Å². The molecular weight excluding hydrogens is 163 g/mol. The Hall–Kier alpha value is 0.150. The molecule has 0 spiro atoms. The third-order valence-electron chi connectivity index (χ3n) is 1.17. The van der Waals surface area contributed by atoms with Crippen LogP contribution in [0.25, 0.3) is 0 Å². The lowest BCUT2D eigenvalue weighted by Gasteiger charge is -2.36. The highest BCUT2D eigenvalue weighted by Gasteiger charge is 2.27. The molecule has 0 fully saturated rings. The molecule has 0 aromatic heterocycles. The van der Waals surface area contributed by atoms with Crippen LogP contribution in [-0.4, -0.2) is 11.3 Å². The van der Waals surface area contributed by atoms with E-state index in [1.165, 1.54) is 0 Å². The molecule has 0 heterocycles. The van der Waals surface area contributed by atoms with E-state index in [-0.39, 0.29) is 6.10 Å². The molecule has 0 rings (SSSR count). The van der Waals surface area contributed by atoms with E-state index in [1.54, 1.807) is 34.6 Å². The summed E-state index contributed by atoms with van der Waals surface area (Å²) in [4.78, 5) is 11.3. The van der Waals surface area contributed by atoms with Crippen molar-refractivity contribution in [1.82, 2.24) is 0 Å². The van der Waals surface area contributed by atoms with Gasteiger partial charge in [0, 0.05) is 5.16 Å². The van der Waals surface area contributed by atoms with Gasteiger partial charge in [0.25, 0.3) is 0 Å². The molecule has 1 unspecified atom stereocenters. The SMILES string of the molecule is CC(C)OP(=O)([O-])C(C)(C)C. The van der Waals surface area contributed by atoms with Gasteiger partial charge in [-0.2, -0.15) is 0 Å². The van der Waals surface area contributed by atoms with E-state index < -0.39 is 12.8 Å². The summed E-state index contributed by atoms with van der Waals surface area (Å²) in [6.45, 7) is 8.29. The summed E-state index contributed by atoms with van der Waals surface area (Å²) in [5.74, 6) is 0. The summed E-state index contributed by atoms with van der Waals surface area (Å²) in [6.07, 6.45) is -0.266. The molecule has 0 amide bonds. The molecule has 0 aromatic rings. The first kappa shape index (κ1) is 11.2. The van der Waals surface area contributed by atoms with Crippen molar-refractivity contribution in [2.45, 2.75) is 45.9 Å². The van der Waals surface area contributed by atoms with Gasteiger partial charge in [-0.15, -0.1) is 0 Å². The summed E-state index contributed by atoms with van der Waals surface area (Å²) in [6, 6.07) is 0. The van der Waals surface area contributed by atoms with Crippen LogP contribution in [0.15, 0.2) is 0 Å². The highest BCUT2D eigenvalue weighted by atomic mass is 31.2. The van der Waals surface area contributed by atoms with Crippen LogP contribution in [0.5, 0.6) is 0 Å². The Labute approximate surface area is 68.3 Å². The maximum absolute atomic E-state index is 11.3. The molecule has 68 valence electrons. The Morgan fingerprint density at radius 1 is 1.36 bits per heavy atom. The van der Waals surface area contributed by atoms with Crippen LogP contribution in [0, 0.1) is 0 Å². The van der Waals surface area contributed by atoms with Gasteiger partial charge in [0.15, 0.2) is 0 Å².